The summed E-state index contributed by atoms with van der Waals surface area (Å²) in [6.07, 6.45) is 21.3. The maximum Gasteiger partial charge on any atom is 0.0718 e. The van der Waals surface area contributed by atoms with Crippen molar-refractivity contribution in [2.75, 3.05) is 23.0 Å². The van der Waals surface area contributed by atoms with Gasteiger partial charge in [-0.15, -0.1) is 47.0 Å². The smallest absolute Gasteiger partial charge is 0.0718 e. The maximum absolute atomic E-state index is 2.40. The van der Waals surface area contributed by atoms with Gasteiger partial charge in [0.1, 0.15) is 0 Å². The lowest BCUT2D eigenvalue weighted by atomic mass is 9.99. The van der Waals surface area contributed by atoms with Crippen LogP contribution >= 0.6 is 188 Å². The number of thioether (sulfide) groups is 16. The van der Waals surface area contributed by atoms with E-state index in [0.29, 0.717) is 0 Å². The molecule has 16 heteroatoms. The summed E-state index contributed by atoms with van der Waals surface area (Å²) >= 11 is 33.0. The number of hydrogen-bond acceptors (Lipinski definition) is 16. The van der Waals surface area contributed by atoms with E-state index in [1.165, 1.54) is 200 Å². The van der Waals surface area contributed by atoms with Crippen LogP contribution in [-0.2, 0) is 0 Å². The molecule has 0 unspecified atom stereocenters. The zero-order chi connectivity index (χ0) is 46.7. The summed E-state index contributed by atoms with van der Waals surface area (Å²) < 4.78 is 21.1. The molecule has 68 heavy (non-hydrogen) atoms. The molecule has 3 aromatic rings. The summed E-state index contributed by atoms with van der Waals surface area (Å²) in [5.74, 6) is 4.94. The third-order valence-electron chi connectivity index (χ3n) is 11.5. The van der Waals surface area contributed by atoms with Crippen molar-refractivity contribution in [3.05, 3.63) is 110 Å². The summed E-state index contributed by atoms with van der Waals surface area (Å²) in [5.41, 5.74) is 0. The van der Waals surface area contributed by atoms with Gasteiger partial charge in [0.2, 0.25) is 0 Å². The fourth-order valence-electron chi connectivity index (χ4n) is 7.95. The lowest BCUT2D eigenvalue weighted by Gasteiger charge is -2.12. The van der Waals surface area contributed by atoms with E-state index in [-0.39, 0.29) is 0 Å². The van der Waals surface area contributed by atoms with Gasteiger partial charge in [-0.1, -0.05) is 294 Å². The highest BCUT2D eigenvalue weighted by atomic mass is 32.3. The van der Waals surface area contributed by atoms with E-state index < -0.39 is 0 Å². The van der Waals surface area contributed by atoms with Crippen molar-refractivity contribution >= 4 is 218 Å². The Morgan fingerprint density at radius 2 is 0.485 bits per heavy atom. The standard InChI is InChI=1S/C52H60S16/c1-5-9-13-21-29-53-41-42(54-30-22-14-10-6-2)58-39(57-41)37-33-25-17-19-27-35(33)38(36-28-20-18-26-34(36)37)40-59-45-46(60-40)64-49(63-45)50-67-51-52(68-50)66-48(65-51)47-61-43(55-31-23-15-11-7-3)44(62-47)56-32-24-16-12-8-4/h17-20,25-28H,5-16,21-24,29-32H2,1-4H3. The molecule has 364 valence electrons. The molecule has 3 aromatic carbocycles. The molecule has 0 N–H and O–H groups in total. The Morgan fingerprint density at radius 1 is 0.265 bits per heavy atom. The summed E-state index contributed by atoms with van der Waals surface area (Å²) in [4.78, 5) is 0. The van der Waals surface area contributed by atoms with Gasteiger partial charge in [-0.3, -0.25) is 0 Å². The molecule has 0 fully saturated rings. The molecule has 0 radical (unpaired) electrons. The van der Waals surface area contributed by atoms with Crippen molar-refractivity contribution in [1.29, 1.82) is 0 Å². The van der Waals surface area contributed by atoms with Crippen LogP contribution in [0.25, 0.3) is 30.0 Å². The molecular weight excluding hydrogens is 1140 g/mol. The van der Waals surface area contributed by atoms with Gasteiger partial charge < -0.3 is 0 Å². The number of unbranched alkanes of at least 4 members (excludes halogenated alkanes) is 12. The van der Waals surface area contributed by atoms with Crippen molar-refractivity contribution < 1.29 is 0 Å². The first kappa shape index (κ1) is 54.7. The molecule has 0 atom stereocenters. The highest BCUT2D eigenvalue weighted by molar-refractivity contribution is 8.54. The summed E-state index contributed by atoms with van der Waals surface area (Å²) in [7, 11) is 0. The predicted octanol–water partition coefficient (Wildman–Crippen LogP) is 23.0. The Hall–Kier alpha value is 1.96. The quantitative estimate of drug-likeness (QED) is 0.0617. The zero-order valence-electron chi connectivity index (χ0n) is 39.3. The van der Waals surface area contributed by atoms with Crippen molar-refractivity contribution in [3.8, 4) is 0 Å². The topological polar surface area (TPSA) is 0 Å². The SMILES string of the molecule is CCCCCCSC1=C(SCCCCCC)SC(=C2SC3=C(S2)SC(=C2SC4=C(S2)SC(=c2c5ccccc5c(=C5SC(SCCCCCC)=C(SCCCCCC)S5)c5ccccc25)S4)S3)S1. The minimum atomic E-state index is 1.22. The van der Waals surface area contributed by atoms with Crippen LogP contribution < -0.4 is 10.4 Å². The first-order valence-corrected chi connectivity index (χ1v) is 38.1. The van der Waals surface area contributed by atoms with Gasteiger partial charge in [-0.05, 0) is 70.2 Å². The fraction of sp³-hybridized carbons (Fsp3) is 0.462. The molecule has 0 bridgehead atoms. The number of rotatable bonds is 24. The van der Waals surface area contributed by atoms with Crippen molar-refractivity contribution in [1.82, 2.24) is 0 Å². The van der Waals surface area contributed by atoms with Gasteiger partial charge in [-0.25, -0.2) is 0 Å². The van der Waals surface area contributed by atoms with Crippen LogP contribution in [0, 0.1) is 0 Å². The highest BCUT2D eigenvalue weighted by Crippen LogP contribution is 2.75. The van der Waals surface area contributed by atoms with Gasteiger partial charge in [0.15, 0.2) is 0 Å². The number of hydrogen-bond donors (Lipinski definition) is 0. The Balaban J connectivity index is 0.898. The van der Waals surface area contributed by atoms with Gasteiger partial charge in [0.25, 0.3) is 0 Å². The average Bonchev–Trinajstić information content (AvgIpc) is 4.22. The van der Waals surface area contributed by atoms with Crippen LogP contribution in [0.15, 0.2) is 99.4 Å². The second kappa shape index (κ2) is 28.4. The van der Waals surface area contributed by atoms with E-state index in [1.807, 2.05) is 94.1 Å². The summed E-state index contributed by atoms with van der Waals surface area (Å²) in [6, 6.07) is 18.6. The van der Waals surface area contributed by atoms with Crippen molar-refractivity contribution in [3.63, 3.8) is 0 Å². The van der Waals surface area contributed by atoms with Crippen molar-refractivity contribution in [2.45, 2.75) is 130 Å². The fourth-order valence-corrected chi connectivity index (χ4v) is 33.5. The zero-order valence-corrected chi connectivity index (χ0v) is 52.4. The normalized spacial score (nSPS) is 18.6. The highest BCUT2D eigenvalue weighted by Gasteiger charge is 2.39. The maximum atomic E-state index is 2.40. The van der Waals surface area contributed by atoms with E-state index >= 15 is 0 Å². The Kier molecular flexibility index (Phi) is 22.8. The van der Waals surface area contributed by atoms with Gasteiger partial charge in [-0.2, -0.15) is 0 Å². The van der Waals surface area contributed by atoms with Crippen molar-refractivity contribution in [2.24, 2.45) is 0 Å². The molecule has 0 aliphatic carbocycles. The Bertz CT molecular complexity index is 2490. The molecule has 6 aliphatic heterocycles. The van der Waals surface area contributed by atoms with E-state index in [0.717, 1.165) is 0 Å². The molecule has 0 spiro atoms. The Morgan fingerprint density at radius 3 is 0.750 bits per heavy atom. The third kappa shape index (κ3) is 13.9. The number of benzene rings is 3. The summed E-state index contributed by atoms with van der Waals surface area (Å²) in [5, 5.41) is 8.42. The van der Waals surface area contributed by atoms with Crippen LogP contribution in [0.5, 0.6) is 0 Å². The van der Waals surface area contributed by atoms with E-state index in [9.17, 15) is 0 Å². The minimum absolute atomic E-state index is 1.22. The lowest BCUT2D eigenvalue weighted by molar-refractivity contribution is 0.707. The lowest BCUT2D eigenvalue weighted by Crippen LogP contribution is -2.16. The van der Waals surface area contributed by atoms with E-state index in [4.69, 9.17) is 0 Å². The van der Waals surface area contributed by atoms with Crippen LogP contribution in [0.1, 0.15) is 130 Å². The molecule has 0 amide bonds. The average molecular weight is 1200 g/mol. The monoisotopic (exact) mass is 1200 g/mol. The molecular formula is C52H60S16. The van der Waals surface area contributed by atoms with Crippen LogP contribution in [0.3, 0.4) is 0 Å². The molecule has 0 aromatic heterocycles. The van der Waals surface area contributed by atoms with Gasteiger partial charge in [0, 0.05) is 10.4 Å². The first-order chi connectivity index (χ1) is 33.6. The second-order valence-electron chi connectivity index (χ2n) is 16.7. The molecule has 0 saturated carbocycles. The van der Waals surface area contributed by atoms with Crippen LogP contribution in [-0.4, -0.2) is 23.0 Å². The minimum Gasteiger partial charge on any atom is -0.117 e. The Labute approximate surface area is 475 Å². The molecule has 9 rings (SSSR count). The predicted molar refractivity (Wildman–Crippen MR) is 347 cm³/mol. The molecule has 6 heterocycles. The van der Waals surface area contributed by atoms with Gasteiger partial charge >= 0.3 is 0 Å². The largest absolute Gasteiger partial charge is 0.117 e. The molecule has 0 nitrogen and oxygen atoms in total. The summed E-state index contributed by atoms with van der Waals surface area (Å²) in [6.45, 7) is 9.25. The first-order valence-electron chi connectivity index (χ1n) is 24.4. The van der Waals surface area contributed by atoms with E-state index in [2.05, 4.69) is 170 Å². The third-order valence-corrected chi connectivity index (χ3v) is 35.2. The van der Waals surface area contributed by atoms with Gasteiger partial charge in [0.05, 0.1) is 59.3 Å². The second-order valence-corrected chi connectivity index (χ2v) is 37.0. The van der Waals surface area contributed by atoms with E-state index in [1.54, 1.807) is 16.9 Å². The van der Waals surface area contributed by atoms with Crippen LogP contribution in [0.4, 0.5) is 0 Å². The van der Waals surface area contributed by atoms with Crippen LogP contribution in [0.2, 0.25) is 0 Å². The molecule has 0 saturated heterocycles. The number of fused-ring (bicyclic) bond motifs is 2. The molecule has 6 aliphatic rings.